The van der Waals surface area contributed by atoms with Crippen molar-refractivity contribution in [2.45, 2.75) is 50.8 Å². The van der Waals surface area contributed by atoms with Crippen molar-refractivity contribution < 1.29 is 31.2 Å². The van der Waals surface area contributed by atoms with Gasteiger partial charge in [-0.25, -0.2) is 0 Å². The Balaban J connectivity index is 2.41. The molecule has 2 rings (SSSR count). The minimum absolute atomic E-state index is 0.205. The molecule has 9 heteroatoms. The smallest absolute Gasteiger partial charge is 0.494 e. The van der Waals surface area contributed by atoms with E-state index in [1.54, 1.807) is 27.7 Å². The molecule has 4 nitrogen and oxygen atoms in total. The summed E-state index contributed by atoms with van der Waals surface area (Å²) in [6.07, 6.45) is -4.66. The lowest BCUT2D eigenvalue weighted by Crippen LogP contribution is -2.41. The zero-order valence-corrected chi connectivity index (χ0v) is 14.0. The Labute approximate surface area is 135 Å². The van der Waals surface area contributed by atoms with Gasteiger partial charge in [-0.1, -0.05) is 23.2 Å². The third kappa shape index (κ3) is 3.79. The first-order valence-corrected chi connectivity index (χ1v) is 8.19. The summed E-state index contributed by atoms with van der Waals surface area (Å²) in [5.41, 5.74) is -2.44. The van der Waals surface area contributed by atoms with E-state index in [9.17, 15) is 21.9 Å². The highest BCUT2D eigenvalue weighted by Gasteiger charge is 2.52. The molecule has 1 atom stereocenters. The standard InChI is InChI=1S/C14H18BF3O4S/c1-12(2)13(3,4)22-15(21-12)10-6-5-9(8-23(19)20)11(7-10)14(16,17)18/h5-7H,8H2,1-4H3,(H,19,20)/p-1. The Morgan fingerprint density at radius 2 is 1.70 bits per heavy atom. The molecule has 0 bridgehead atoms. The number of rotatable bonds is 3. The van der Waals surface area contributed by atoms with E-state index in [1.165, 1.54) is 6.07 Å². The molecular formula is C14H17BF3O4S-. The summed E-state index contributed by atoms with van der Waals surface area (Å²) in [6.45, 7) is 7.19. The van der Waals surface area contributed by atoms with Crippen molar-refractivity contribution in [2.24, 2.45) is 0 Å². The molecule has 0 aliphatic carbocycles. The highest BCUT2D eigenvalue weighted by Crippen LogP contribution is 2.37. The minimum atomic E-state index is -4.66. The van der Waals surface area contributed by atoms with Crippen LogP contribution < -0.4 is 5.46 Å². The monoisotopic (exact) mass is 349 g/mol. The van der Waals surface area contributed by atoms with Crippen molar-refractivity contribution in [2.75, 3.05) is 0 Å². The van der Waals surface area contributed by atoms with E-state index in [0.29, 0.717) is 0 Å². The Morgan fingerprint density at radius 3 is 2.13 bits per heavy atom. The first-order valence-electron chi connectivity index (χ1n) is 6.95. The maximum atomic E-state index is 13.2. The van der Waals surface area contributed by atoms with Crippen LogP contribution in [0.5, 0.6) is 0 Å². The number of hydrogen-bond donors (Lipinski definition) is 0. The van der Waals surface area contributed by atoms with Crippen LogP contribution >= 0.6 is 0 Å². The first-order chi connectivity index (χ1) is 10.3. The summed E-state index contributed by atoms with van der Waals surface area (Å²) in [4.78, 5) is 0. The van der Waals surface area contributed by atoms with E-state index < -0.39 is 46.9 Å². The second-order valence-corrected chi connectivity index (χ2v) is 7.35. The average molecular weight is 349 g/mol. The van der Waals surface area contributed by atoms with Gasteiger partial charge < -0.3 is 13.9 Å². The van der Waals surface area contributed by atoms with E-state index in [-0.39, 0.29) is 11.0 Å². The summed E-state index contributed by atoms with van der Waals surface area (Å²) in [7, 11) is -0.937. The normalized spacial score (nSPS) is 21.5. The van der Waals surface area contributed by atoms with E-state index in [0.717, 1.165) is 12.1 Å². The Morgan fingerprint density at radius 1 is 1.17 bits per heavy atom. The van der Waals surface area contributed by atoms with E-state index in [1.807, 2.05) is 0 Å². The molecule has 0 saturated carbocycles. The topological polar surface area (TPSA) is 58.6 Å². The van der Waals surface area contributed by atoms with Crippen LogP contribution in [0.1, 0.15) is 38.8 Å². The molecule has 1 unspecified atom stereocenters. The molecule has 1 saturated heterocycles. The number of hydrogen-bond acceptors (Lipinski definition) is 4. The quantitative estimate of drug-likeness (QED) is 0.621. The van der Waals surface area contributed by atoms with Gasteiger partial charge in [0, 0.05) is 5.75 Å². The van der Waals surface area contributed by atoms with Crippen molar-refractivity contribution >= 4 is 23.7 Å². The summed E-state index contributed by atoms with van der Waals surface area (Å²) >= 11 is -2.61. The molecule has 23 heavy (non-hydrogen) atoms. The van der Waals surface area contributed by atoms with Gasteiger partial charge in [0.15, 0.2) is 0 Å². The van der Waals surface area contributed by atoms with E-state index in [2.05, 4.69) is 0 Å². The van der Waals surface area contributed by atoms with Gasteiger partial charge in [-0.15, -0.1) is 0 Å². The van der Waals surface area contributed by atoms with Crippen LogP contribution in [0, 0.1) is 0 Å². The van der Waals surface area contributed by atoms with Crippen LogP contribution in [0.4, 0.5) is 13.2 Å². The molecule has 1 aromatic rings. The molecule has 1 aliphatic rings. The van der Waals surface area contributed by atoms with Gasteiger partial charge in [-0.2, -0.15) is 13.2 Å². The van der Waals surface area contributed by atoms with Gasteiger partial charge in [-0.3, -0.25) is 4.21 Å². The molecule has 0 aromatic heterocycles. The fourth-order valence-electron chi connectivity index (χ4n) is 2.24. The van der Waals surface area contributed by atoms with Crippen LogP contribution in [-0.2, 0) is 32.3 Å². The predicted molar refractivity (Wildman–Crippen MR) is 79.8 cm³/mol. The van der Waals surface area contributed by atoms with Gasteiger partial charge in [-0.05, 0) is 44.8 Å². The highest BCUT2D eigenvalue weighted by atomic mass is 32.2. The van der Waals surface area contributed by atoms with E-state index >= 15 is 0 Å². The lowest BCUT2D eigenvalue weighted by Gasteiger charge is -2.32. The molecule has 0 spiro atoms. The van der Waals surface area contributed by atoms with Crippen LogP contribution in [-0.4, -0.2) is 27.1 Å². The second-order valence-electron chi connectivity index (χ2n) is 6.45. The summed E-state index contributed by atoms with van der Waals surface area (Å²) in [5, 5.41) is 0. The Hall–Kier alpha value is -0.895. The lowest BCUT2D eigenvalue weighted by atomic mass is 9.77. The fourth-order valence-corrected chi connectivity index (χ4v) is 2.74. The van der Waals surface area contributed by atoms with Crippen molar-refractivity contribution in [3.8, 4) is 0 Å². The van der Waals surface area contributed by atoms with Gasteiger partial charge in [0.05, 0.1) is 16.8 Å². The Kier molecular flexibility index (Phi) is 4.71. The van der Waals surface area contributed by atoms with Crippen molar-refractivity contribution in [3.05, 3.63) is 29.3 Å². The lowest BCUT2D eigenvalue weighted by molar-refractivity contribution is -0.138. The third-order valence-electron chi connectivity index (χ3n) is 4.24. The van der Waals surface area contributed by atoms with E-state index in [4.69, 9.17) is 9.31 Å². The zero-order valence-electron chi connectivity index (χ0n) is 13.2. The molecule has 1 heterocycles. The van der Waals surface area contributed by atoms with Gasteiger partial charge in [0.2, 0.25) is 0 Å². The van der Waals surface area contributed by atoms with Gasteiger partial charge in [0.25, 0.3) is 0 Å². The molecule has 1 aliphatic heterocycles. The third-order valence-corrected chi connectivity index (χ3v) is 4.78. The van der Waals surface area contributed by atoms with Crippen LogP contribution in [0.3, 0.4) is 0 Å². The molecule has 128 valence electrons. The van der Waals surface area contributed by atoms with Gasteiger partial charge in [0.1, 0.15) is 0 Å². The molecule has 0 N–H and O–H groups in total. The first kappa shape index (κ1) is 18.4. The molecule has 0 amide bonds. The van der Waals surface area contributed by atoms with Crippen LogP contribution in [0.2, 0.25) is 0 Å². The summed E-state index contributed by atoms with van der Waals surface area (Å²) in [5.74, 6) is -0.696. The van der Waals surface area contributed by atoms with Crippen LogP contribution in [0.25, 0.3) is 0 Å². The summed E-state index contributed by atoms with van der Waals surface area (Å²) < 4.78 is 72.5. The maximum Gasteiger partial charge on any atom is 0.494 e. The average Bonchev–Trinajstić information content (AvgIpc) is 2.56. The van der Waals surface area contributed by atoms with Crippen molar-refractivity contribution in [1.29, 1.82) is 0 Å². The molecular weight excluding hydrogens is 332 g/mol. The number of benzene rings is 1. The zero-order chi connectivity index (χ0) is 17.6. The van der Waals surface area contributed by atoms with Crippen molar-refractivity contribution in [1.82, 2.24) is 0 Å². The largest absolute Gasteiger partial charge is 0.772 e. The molecule has 0 radical (unpaired) electrons. The molecule has 1 aromatic carbocycles. The number of halogens is 3. The highest BCUT2D eigenvalue weighted by molar-refractivity contribution is 7.78. The fraction of sp³-hybridized carbons (Fsp3) is 0.571. The minimum Gasteiger partial charge on any atom is -0.772 e. The van der Waals surface area contributed by atoms with Gasteiger partial charge >= 0.3 is 13.3 Å². The van der Waals surface area contributed by atoms with Crippen LogP contribution in [0.15, 0.2) is 18.2 Å². The SMILES string of the molecule is CC1(C)OB(c2ccc(CS(=O)[O-])c(C(F)(F)F)c2)OC1(C)C. The Bertz CT molecular complexity index is 615. The maximum absolute atomic E-state index is 13.2. The second kappa shape index (κ2) is 5.88. The molecule has 1 fully saturated rings. The predicted octanol–water partition coefficient (Wildman–Crippen LogP) is 2.38. The van der Waals surface area contributed by atoms with Crippen molar-refractivity contribution in [3.63, 3.8) is 0 Å². The number of alkyl halides is 3. The summed E-state index contributed by atoms with van der Waals surface area (Å²) in [6, 6.07) is 3.45.